The summed E-state index contributed by atoms with van der Waals surface area (Å²) in [7, 11) is 1.82. The van der Waals surface area contributed by atoms with Crippen LogP contribution in [0.15, 0.2) is 24.3 Å². The fourth-order valence-electron chi connectivity index (χ4n) is 2.00. The number of hydrogen-bond donors (Lipinski definition) is 1. The van der Waals surface area contributed by atoms with Gasteiger partial charge in [-0.15, -0.1) is 10.2 Å². The Morgan fingerprint density at radius 1 is 1.29 bits per heavy atom. The molecule has 2 rings (SSSR count). The van der Waals surface area contributed by atoms with E-state index in [1.165, 1.54) is 0 Å². The van der Waals surface area contributed by atoms with E-state index in [4.69, 9.17) is 11.6 Å². The lowest BCUT2D eigenvalue weighted by atomic mass is 10.2. The molecule has 112 valence electrons. The Bertz CT molecular complexity index is 645. The Balaban J connectivity index is 2.18. The van der Waals surface area contributed by atoms with Gasteiger partial charge in [-0.05, 0) is 5.92 Å². The minimum atomic E-state index is -0.0352. The molecule has 1 aromatic heterocycles. The maximum absolute atomic E-state index is 11.9. The minimum absolute atomic E-state index is 0.0352. The fraction of sp³-hybridized carbons (Fsp3) is 0.400. The molecule has 1 N–H and O–H groups in total. The Labute approximate surface area is 129 Å². The lowest BCUT2D eigenvalue weighted by molar-refractivity contribution is -0.119. The molecule has 6 heteroatoms. The first-order chi connectivity index (χ1) is 9.99. The number of amides is 1. The molecule has 21 heavy (non-hydrogen) atoms. The number of nitrogens with one attached hydrogen (secondary N) is 1. The van der Waals surface area contributed by atoms with Gasteiger partial charge in [0.25, 0.3) is 0 Å². The van der Waals surface area contributed by atoms with Gasteiger partial charge in [0.2, 0.25) is 5.91 Å². The van der Waals surface area contributed by atoms with Crippen LogP contribution in [0.1, 0.15) is 13.8 Å². The molecule has 0 aliphatic rings. The third kappa shape index (κ3) is 3.82. The van der Waals surface area contributed by atoms with Crippen LogP contribution in [0.5, 0.6) is 0 Å². The van der Waals surface area contributed by atoms with Crippen LogP contribution >= 0.6 is 11.6 Å². The summed E-state index contributed by atoms with van der Waals surface area (Å²) < 4.78 is 0. The Morgan fingerprint density at radius 3 is 2.62 bits per heavy atom. The van der Waals surface area contributed by atoms with Gasteiger partial charge in [-0.2, -0.15) is 0 Å². The number of carbonyl (C=O) groups is 1. The summed E-state index contributed by atoms with van der Waals surface area (Å²) in [5.41, 5.74) is 0. The van der Waals surface area contributed by atoms with Crippen LogP contribution in [0, 0.1) is 5.92 Å². The Morgan fingerprint density at radius 2 is 1.95 bits per heavy atom. The number of hydrogen-bond acceptors (Lipinski definition) is 4. The molecule has 0 aliphatic heterocycles. The number of likely N-dealkylation sites (N-methyl/N-ethyl adjacent to an activating group) is 1. The van der Waals surface area contributed by atoms with Crippen LogP contribution in [0.25, 0.3) is 10.8 Å². The van der Waals surface area contributed by atoms with Crippen molar-refractivity contribution in [1.82, 2.24) is 15.5 Å². The first kappa shape index (κ1) is 15.5. The Hall–Kier alpha value is -1.88. The van der Waals surface area contributed by atoms with Crippen LogP contribution in [-0.2, 0) is 4.79 Å². The summed E-state index contributed by atoms with van der Waals surface area (Å²) in [6, 6.07) is 7.63. The van der Waals surface area contributed by atoms with Crippen LogP contribution in [0.3, 0.4) is 0 Å². The summed E-state index contributed by atoms with van der Waals surface area (Å²) in [5, 5.41) is 13.0. The van der Waals surface area contributed by atoms with E-state index < -0.39 is 0 Å². The summed E-state index contributed by atoms with van der Waals surface area (Å²) in [6.45, 7) is 5.01. The zero-order chi connectivity index (χ0) is 15.4. The molecule has 0 aliphatic carbocycles. The number of rotatable bonds is 5. The SMILES string of the molecule is CC(C)CNC(=O)CN(C)c1nnc(Cl)c2ccccc12. The zero-order valence-corrected chi connectivity index (χ0v) is 13.2. The molecule has 0 saturated heterocycles. The van der Waals surface area contributed by atoms with Crippen LogP contribution in [0.4, 0.5) is 5.82 Å². The van der Waals surface area contributed by atoms with Crippen molar-refractivity contribution in [2.24, 2.45) is 5.92 Å². The average molecular weight is 307 g/mol. The molecule has 0 spiro atoms. The van der Waals surface area contributed by atoms with Crippen molar-refractivity contribution in [2.75, 3.05) is 25.0 Å². The number of aromatic nitrogens is 2. The van der Waals surface area contributed by atoms with E-state index in [1.54, 1.807) is 4.90 Å². The van der Waals surface area contributed by atoms with Crippen molar-refractivity contribution in [3.63, 3.8) is 0 Å². The number of carbonyl (C=O) groups excluding carboxylic acids is 1. The van der Waals surface area contributed by atoms with Gasteiger partial charge in [0.15, 0.2) is 11.0 Å². The molecule has 1 aromatic carbocycles. The highest BCUT2D eigenvalue weighted by Crippen LogP contribution is 2.27. The standard InChI is InChI=1S/C15H19ClN4O/c1-10(2)8-17-13(21)9-20(3)15-12-7-5-4-6-11(12)14(16)18-19-15/h4-7,10H,8-9H2,1-3H3,(H,17,21). The van der Waals surface area contributed by atoms with E-state index in [-0.39, 0.29) is 12.5 Å². The lowest BCUT2D eigenvalue weighted by Gasteiger charge is -2.19. The van der Waals surface area contributed by atoms with Gasteiger partial charge in [-0.3, -0.25) is 4.79 Å². The van der Waals surface area contributed by atoms with E-state index in [0.29, 0.717) is 23.4 Å². The summed E-state index contributed by atoms with van der Waals surface area (Å²) in [6.07, 6.45) is 0. The molecule has 0 atom stereocenters. The first-order valence-electron chi connectivity index (χ1n) is 6.87. The summed E-state index contributed by atoms with van der Waals surface area (Å²) in [4.78, 5) is 13.7. The predicted octanol–water partition coefficient (Wildman–Crippen LogP) is 2.49. The van der Waals surface area contributed by atoms with E-state index in [9.17, 15) is 4.79 Å². The normalized spacial score (nSPS) is 10.9. The Kier molecular flexibility index (Phi) is 4.96. The van der Waals surface area contributed by atoms with Crippen molar-refractivity contribution in [2.45, 2.75) is 13.8 Å². The van der Waals surface area contributed by atoms with E-state index >= 15 is 0 Å². The predicted molar refractivity (Wildman–Crippen MR) is 85.7 cm³/mol. The second kappa shape index (κ2) is 6.72. The third-order valence-corrected chi connectivity index (χ3v) is 3.35. The van der Waals surface area contributed by atoms with Crippen LogP contribution in [0.2, 0.25) is 5.15 Å². The van der Waals surface area contributed by atoms with E-state index in [2.05, 4.69) is 29.4 Å². The maximum Gasteiger partial charge on any atom is 0.239 e. The van der Waals surface area contributed by atoms with Crippen molar-refractivity contribution < 1.29 is 4.79 Å². The van der Waals surface area contributed by atoms with Gasteiger partial charge >= 0.3 is 0 Å². The number of fused-ring (bicyclic) bond motifs is 1. The highest BCUT2D eigenvalue weighted by molar-refractivity contribution is 6.34. The number of anilines is 1. The van der Waals surface area contributed by atoms with Crippen LogP contribution in [-0.4, -0.2) is 36.2 Å². The van der Waals surface area contributed by atoms with Gasteiger partial charge in [0.05, 0.1) is 6.54 Å². The molecule has 5 nitrogen and oxygen atoms in total. The maximum atomic E-state index is 11.9. The molecule has 0 unspecified atom stereocenters. The lowest BCUT2D eigenvalue weighted by Crippen LogP contribution is -2.37. The van der Waals surface area contributed by atoms with E-state index in [1.807, 2.05) is 31.3 Å². The number of benzene rings is 1. The molecule has 0 fully saturated rings. The molecular formula is C15H19ClN4O. The molecular weight excluding hydrogens is 288 g/mol. The minimum Gasteiger partial charge on any atom is -0.354 e. The van der Waals surface area contributed by atoms with Crippen molar-refractivity contribution in [1.29, 1.82) is 0 Å². The monoisotopic (exact) mass is 306 g/mol. The van der Waals surface area contributed by atoms with Crippen LogP contribution < -0.4 is 10.2 Å². The summed E-state index contributed by atoms with van der Waals surface area (Å²) >= 11 is 6.05. The van der Waals surface area contributed by atoms with E-state index in [0.717, 1.165) is 10.8 Å². The van der Waals surface area contributed by atoms with Gasteiger partial charge < -0.3 is 10.2 Å². The number of halogens is 1. The number of nitrogens with zero attached hydrogens (tertiary/aromatic N) is 3. The topological polar surface area (TPSA) is 58.1 Å². The second-order valence-corrected chi connectivity index (χ2v) is 5.77. The van der Waals surface area contributed by atoms with Crippen molar-refractivity contribution in [3.05, 3.63) is 29.4 Å². The van der Waals surface area contributed by atoms with Gasteiger partial charge in [-0.1, -0.05) is 49.7 Å². The first-order valence-corrected chi connectivity index (χ1v) is 7.25. The van der Waals surface area contributed by atoms with Gasteiger partial charge in [-0.25, -0.2) is 0 Å². The van der Waals surface area contributed by atoms with Gasteiger partial charge in [0.1, 0.15) is 0 Å². The zero-order valence-electron chi connectivity index (χ0n) is 12.4. The second-order valence-electron chi connectivity index (χ2n) is 5.41. The smallest absolute Gasteiger partial charge is 0.239 e. The highest BCUT2D eigenvalue weighted by Gasteiger charge is 2.14. The third-order valence-electron chi connectivity index (χ3n) is 3.07. The molecule has 2 aromatic rings. The average Bonchev–Trinajstić information content (AvgIpc) is 2.45. The quantitative estimate of drug-likeness (QED) is 0.922. The summed E-state index contributed by atoms with van der Waals surface area (Å²) in [5.74, 6) is 1.04. The molecule has 0 saturated carbocycles. The van der Waals surface area contributed by atoms with Crippen molar-refractivity contribution in [3.8, 4) is 0 Å². The van der Waals surface area contributed by atoms with Crippen molar-refractivity contribution >= 4 is 34.1 Å². The molecule has 0 bridgehead atoms. The highest BCUT2D eigenvalue weighted by atomic mass is 35.5. The largest absolute Gasteiger partial charge is 0.354 e. The molecule has 0 radical (unpaired) electrons. The molecule has 1 heterocycles. The molecule has 1 amide bonds. The van der Waals surface area contributed by atoms with Gasteiger partial charge in [0, 0.05) is 24.4 Å². The fourth-order valence-corrected chi connectivity index (χ4v) is 2.21.